The Hall–Kier alpha value is -2.33. The van der Waals surface area contributed by atoms with Crippen LogP contribution < -0.4 is 10.1 Å². The van der Waals surface area contributed by atoms with Crippen LogP contribution in [0.25, 0.3) is 0 Å². The number of nitrogens with zero attached hydrogens (tertiary/aromatic N) is 1. The summed E-state index contributed by atoms with van der Waals surface area (Å²) in [4.78, 5) is 15.1. The van der Waals surface area contributed by atoms with Gasteiger partial charge in [-0.3, -0.25) is 9.69 Å². The number of ether oxygens (including phenoxy) is 1. The molecule has 2 fully saturated rings. The minimum absolute atomic E-state index is 0.00357. The van der Waals surface area contributed by atoms with Gasteiger partial charge in [0.2, 0.25) is 5.91 Å². The van der Waals surface area contributed by atoms with Crippen molar-refractivity contribution in [2.24, 2.45) is 0 Å². The summed E-state index contributed by atoms with van der Waals surface area (Å²) in [6.45, 7) is 5.70. The number of carbonyl (C=O) groups is 1. The number of likely N-dealkylation sites (tertiary alicyclic amines) is 1. The third-order valence-electron chi connectivity index (χ3n) is 5.96. The Morgan fingerprint density at radius 1 is 1.07 bits per heavy atom. The molecule has 27 heavy (non-hydrogen) atoms. The van der Waals surface area contributed by atoms with Crippen LogP contribution in [0.2, 0.25) is 0 Å². The molecule has 0 aromatic heterocycles. The number of hydrogen-bond acceptors (Lipinski definition) is 3. The number of piperidine rings is 1. The average Bonchev–Trinajstić information content (AvgIpc) is 3.02. The van der Waals surface area contributed by atoms with E-state index in [0.717, 1.165) is 50.2 Å². The van der Waals surface area contributed by atoms with Gasteiger partial charge in [-0.05, 0) is 49.4 Å². The molecular weight excluding hydrogens is 336 g/mol. The quantitative estimate of drug-likeness (QED) is 0.879. The Kier molecular flexibility index (Phi) is 5.17. The maximum Gasteiger partial charge on any atom is 0.228 e. The van der Waals surface area contributed by atoms with Crippen LogP contribution in [0.3, 0.4) is 0 Å². The smallest absolute Gasteiger partial charge is 0.228 e. The van der Waals surface area contributed by atoms with Gasteiger partial charge in [-0.25, -0.2) is 0 Å². The molecule has 0 unspecified atom stereocenters. The van der Waals surface area contributed by atoms with Crippen LogP contribution in [-0.4, -0.2) is 36.0 Å². The van der Waals surface area contributed by atoms with Gasteiger partial charge in [-0.1, -0.05) is 42.5 Å². The van der Waals surface area contributed by atoms with Gasteiger partial charge in [-0.15, -0.1) is 0 Å². The fourth-order valence-electron chi connectivity index (χ4n) is 4.42. The van der Waals surface area contributed by atoms with E-state index in [0.29, 0.717) is 6.61 Å². The van der Waals surface area contributed by atoms with Crippen LogP contribution in [0.4, 0.5) is 0 Å². The molecule has 2 aliphatic heterocycles. The number of benzene rings is 2. The SMILES string of the molecule is CCOc1ccc(CN2CCC3(CC2)C[C@H](c2ccccc2)C(=O)N3)cc1. The topological polar surface area (TPSA) is 41.6 Å². The van der Waals surface area contributed by atoms with Crippen molar-refractivity contribution < 1.29 is 9.53 Å². The van der Waals surface area contributed by atoms with Crippen LogP contribution in [0.1, 0.15) is 43.2 Å². The lowest BCUT2D eigenvalue weighted by molar-refractivity contribution is -0.121. The third-order valence-corrected chi connectivity index (χ3v) is 5.96. The first-order chi connectivity index (χ1) is 13.2. The molecule has 1 spiro atoms. The molecule has 4 heteroatoms. The number of carbonyl (C=O) groups excluding carboxylic acids is 1. The summed E-state index contributed by atoms with van der Waals surface area (Å²) < 4.78 is 5.52. The molecular formula is C23H28N2O2. The number of hydrogen-bond donors (Lipinski definition) is 1. The van der Waals surface area contributed by atoms with Gasteiger partial charge < -0.3 is 10.1 Å². The van der Waals surface area contributed by atoms with Crippen LogP contribution in [0.15, 0.2) is 54.6 Å². The zero-order valence-corrected chi connectivity index (χ0v) is 16.0. The van der Waals surface area contributed by atoms with E-state index in [-0.39, 0.29) is 17.4 Å². The van der Waals surface area contributed by atoms with Crippen molar-refractivity contribution in [3.63, 3.8) is 0 Å². The maximum absolute atomic E-state index is 12.6. The molecule has 1 amide bonds. The second-order valence-corrected chi connectivity index (χ2v) is 7.79. The largest absolute Gasteiger partial charge is 0.494 e. The highest BCUT2D eigenvalue weighted by Gasteiger charge is 2.45. The molecule has 2 saturated heterocycles. The monoisotopic (exact) mass is 364 g/mol. The van der Waals surface area contributed by atoms with Gasteiger partial charge in [0.25, 0.3) is 0 Å². The number of amides is 1. The van der Waals surface area contributed by atoms with Crippen molar-refractivity contribution in [1.82, 2.24) is 10.2 Å². The highest BCUT2D eigenvalue weighted by molar-refractivity contribution is 5.87. The Bertz CT molecular complexity index is 765. The minimum atomic E-state index is -0.0209. The zero-order chi connectivity index (χ0) is 18.7. The Morgan fingerprint density at radius 2 is 1.78 bits per heavy atom. The summed E-state index contributed by atoms with van der Waals surface area (Å²) in [5.74, 6) is 1.13. The first-order valence-electron chi connectivity index (χ1n) is 9.98. The van der Waals surface area contributed by atoms with E-state index >= 15 is 0 Å². The number of nitrogens with one attached hydrogen (secondary N) is 1. The molecule has 0 saturated carbocycles. The molecule has 142 valence electrons. The first-order valence-corrected chi connectivity index (χ1v) is 9.98. The van der Waals surface area contributed by atoms with Gasteiger partial charge in [0.05, 0.1) is 12.5 Å². The molecule has 2 heterocycles. The molecule has 2 aliphatic rings. The Morgan fingerprint density at radius 3 is 2.44 bits per heavy atom. The van der Waals surface area contributed by atoms with E-state index in [1.165, 1.54) is 5.56 Å². The van der Waals surface area contributed by atoms with Gasteiger partial charge >= 0.3 is 0 Å². The lowest BCUT2D eigenvalue weighted by atomic mass is 9.82. The highest BCUT2D eigenvalue weighted by atomic mass is 16.5. The number of rotatable bonds is 5. The highest BCUT2D eigenvalue weighted by Crippen LogP contribution is 2.39. The van der Waals surface area contributed by atoms with Crippen molar-refractivity contribution in [2.75, 3.05) is 19.7 Å². The molecule has 2 aromatic carbocycles. The molecule has 4 rings (SSSR count). The Labute approximate surface area is 161 Å². The van der Waals surface area contributed by atoms with Crippen molar-refractivity contribution in [3.05, 3.63) is 65.7 Å². The molecule has 0 aliphatic carbocycles. The van der Waals surface area contributed by atoms with E-state index in [4.69, 9.17) is 4.74 Å². The summed E-state index contributed by atoms with van der Waals surface area (Å²) in [5, 5.41) is 3.34. The predicted molar refractivity (Wildman–Crippen MR) is 107 cm³/mol. The van der Waals surface area contributed by atoms with Crippen LogP contribution in [-0.2, 0) is 11.3 Å². The fraction of sp³-hybridized carbons (Fsp3) is 0.435. The summed E-state index contributed by atoms with van der Waals surface area (Å²) >= 11 is 0. The molecule has 2 aromatic rings. The minimum Gasteiger partial charge on any atom is -0.494 e. The van der Waals surface area contributed by atoms with E-state index in [1.807, 2.05) is 37.3 Å². The third kappa shape index (κ3) is 4.01. The molecule has 4 nitrogen and oxygen atoms in total. The van der Waals surface area contributed by atoms with Crippen LogP contribution in [0.5, 0.6) is 5.75 Å². The zero-order valence-electron chi connectivity index (χ0n) is 16.0. The van der Waals surface area contributed by atoms with Crippen molar-refractivity contribution in [2.45, 2.75) is 44.2 Å². The maximum atomic E-state index is 12.6. The van der Waals surface area contributed by atoms with E-state index in [2.05, 4.69) is 34.5 Å². The van der Waals surface area contributed by atoms with Crippen LogP contribution in [0, 0.1) is 0 Å². The summed E-state index contributed by atoms with van der Waals surface area (Å²) in [6.07, 6.45) is 2.98. The second kappa shape index (κ2) is 7.73. The Balaban J connectivity index is 1.34. The summed E-state index contributed by atoms with van der Waals surface area (Å²) in [7, 11) is 0. The second-order valence-electron chi connectivity index (χ2n) is 7.79. The molecule has 0 radical (unpaired) electrons. The van der Waals surface area contributed by atoms with E-state index in [9.17, 15) is 4.79 Å². The fourth-order valence-corrected chi connectivity index (χ4v) is 4.42. The van der Waals surface area contributed by atoms with Crippen molar-refractivity contribution in [1.29, 1.82) is 0 Å². The molecule has 1 N–H and O–H groups in total. The lowest BCUT2D eigenvalue weighted by Gasteiger charge is -2.39. The van der Waals surface area contributed by atoms with Crippen molar-refractivity contribution >= 4 is 5.91 Å². The standard InChI is InChI=1S/C23H28N2O2/c1-2-27-20-10-8-18(9-11-20)17-25-14-12-23(13-15-25)16-21(22(26)24-23)19-6-4-3-5-7-19/h3-11,21H,2,12-17H2,1H3,(H,24,26)/t21-/m1/s1. The average molecular weight is 364 g/mol. The molecule has 1 atom stereocenters. The first kappa shape index (κ1) is 18.1. The van der Waals surface area contributed by atoms with Crippen molar-refractivity contribution in [3.8, 4) is 5.75 Å². The van der Waals surface area contributed by atoms with Gasteiger partial charge in [0, 0.05) is 25.2 Å². The van der Waals surface area contributed by atoms with Gasteiger partial charge in [-0.2, -0.15) is 0 Å². The lowest BCUT2D eigenvalue weighted by Crippen LogP contribution is -2.50. The summed E-state index contributed by atoms with van der Waals surface area (Å²) in [6, 6.07) is 18.6. The van der Waals surface area contributed by atoms with E-state index in [1.54, 1.807) is 0 Å². The molecule has 0 bridgehead atoms. The summed E-state index contributed by atoms with van der Waals surface area (Å²) in [5.41, 5.74) is 2.43. The normalized spacial score (nSPS) is 22.0. The van der Waals surface area contributed by atoms with Gasteiger partial charge in [0.15, 0.2) is 0 Å². The predicted octanol–water partition coefficient (Wildman–Crippen LogP) is 3.72. The van der Waals surface area contributed by atoms with Crippen LogP contribution >= 0.6 is 0 Å². The van der Waals surface area contributed by atoms with E-state index < -0.39 is 0 Å². The van der Waals surface area contributed by atoms with Gasteiger partial charge in [0.1, 0.15) is 5.75 Å².